The van der Waals surface area contributed by atoms with E-state index in [2.05, 4.69) is 21.0 Å². The molecule has 3 amide bonds. The predicted molar refractivity (Wildman–Crippen MR) is 137 cm³/mol. The normalized spacial score (nSPS) is 18.2. The van der Waals surface area contributed by atoms with Crippen molar-refractivity contribution in [2.24, 2.45) is 5.92 Å². The van der Waals surface area contributed by atoms with Gasteiger partial charge in [-0.25, -0.2) is 4.39 Å². The minimum Gasteiger partial charge on any atom is -0.353 e. The van der Waals surface area contributed by atoms with E-state index in [9.17, 15) is 14.4 Å². The summed E-state index contributed by atoms with van der Waals surface area (Å²) in [6.45, 7) is 5.60. The van der Waals surface area contributed by atoms with Crippen molar-refractivity contribution in [3.8, 4) is 0 Å². The number of benzene rings is 1. The van der Waals surface area contributed by atoms with E-state index in [1.54, 1.807) is 29.9 Å². The summed E-state index contributed by atoms with van der Waals surface area (Å²) in [5.41, 5.74) is 3.10. The van der Waals surface area contributed by atoms with Crippen LogP contribution in [0.15, 0.2) is 41.6 Å². The number of carbonyl (C=O) groups is 3. The molecule has 2 aromatic rings. The van der Waals surface area contributed by atoms with Crippen molar-refractivity contribution in [3.63, 3.8) is 0 Å². The van der Waals surface area contributed by atoms with Gasteiger partial charge in [-0.15, -0.1) is 0 Å². The Bertz CT molecular complexity index is 1250. The van der Waals surface area contributed by atoms with E-state index in [-0.39, 0.29) is 29.6 Å². The molecule has 196 valence electrons. The Morgan fingerprint density at radius 3 is 2.35 bits per heavy atom. The molecule has 9 heteroatoms. The molecule has 3 aliphatic carbocycles. The van der Waals surface area contributed by atoms with Gasteiger partial charge in [-0.3, -0.25) is 19.1 Å². The molecule has 3 fully saturated rings. The molecular weight excluding hydrogens is 473 g/mol. The number of allylic oxidation sites excluding steroid dienone is 1. The van der Waals surface area contributed by atoms with Gasteiger partial charge in [0.2, 0.25) is 5.91 Å². The van der Waals surface area contributed by atoms with E-state index < -0.39 is 29.6 Å². The van der Waals surface area contributed by atoms with Crippen LogP contribution in [0.3, 0.4) is 0 Å². The molecule has 0 bridgehead atoms. The van der Waals surface area contributed by atoms with Crippen LogP contribution < -0.4 is 16.0 Å². The number of nitrogens with zero attached hydrogens (tertiary/aromatic N) is 2. The van der Waals surface area contributed by atoms with E-state index >= 15 is 4.39 Å². The molecular formula is C28H34FN5O3. The fourth-order valence-corrected chi connectivity index (χ4v) is 4.68. The zero-order valence-corrected chi connectivity index (χ0v) is 21.5. The smallest absolute Gasteiger partial charge is 0.270 e. The molecule has 0 aliphatic heterocycles. The molecule has 8 nitrogen and oxygen atoms in total. The summed E-state index contributed by atoms with van der Waals surface area (Å²) in [7, 11) is 0. The second kappa shape index (κ2) is 10.1. The first kappa shape index (κ1) is 25.2. The molecule has 3 saturated carbocycles. The fraction of sp³-hybridized carbons (Fsp3) is 0.500. The van der Waals surface area contributed by atoms with Crippen molar-refractivity contribution < 1.29 is 18.8 Å². The number of rotatable bonds is 10. The number of anilines is 1. The third-order valence-corrected chi connectivity index (χ3v) is 7.23. The Hall–Kier alpha value is -3.49. The van der Waals surface area contributed by atoms with Gasteiger partial charge < -0.3 is 16.0 Å². The molecule has 1 aromatic carbocycles. The van der Waals surface area contributed by atoms with Gasteiger partial charge >= 0.3 is 0 Å². The minimum atomic E-state index is -0.893. The highest BCUT2D eigenvalue weighted by Crippen LogP contribution is 2.46. The maximum Gasteiger partial charge on any atom is 0.270 e. The second-order valence-corrected chi connectivity index (χ2v) is 10.7. The van der Waals surface area contributed by atoms with Gasteiger partial charge in [-0.05, 0) is 94.5 Å². The molecule has 37 heavy (non-hydrogen) atoms. The quantitative estimate of drug-likeness (QED) is 0.419. The maximum absolute atomic E-state index is 15.1. The van der Waals surface area contributed by atoms with Crippen LogP contribution in [0.25, 0.3) is 0 Å². The lowest BCUT2D eigenvalue weighted by atomic mass is 9.98. The van der Waals surface area contributed by atoms with Gasteiger partial charge in [0.05, 0.1) is 11.6 Å². The summed E-state index contributed by atoms with van der Waals surface area (Å²) in [5.74, 6) is -1.85. The van der Waals surface area contributed by atoms with E-state index in [1.165, 1.54) is 17.7 Å². The SMILES string of the molecule is CC(C)n1nccc1C(=O)N[C@H](C(=O)Nc1ccc([C@H](C)C(=O)NC2CC2)cc1F)C(=C1CC1)C1CC1. The molecule has 3 N–H and O–H groups in total. The third kappa shape index (κ3) is 5.76. The number of hydrogen-bond donors (Lipinski definition) is 3. The van der Waals surface area contributed by atoms with E-state index in [4.69, 9.17) is 0 Å². The Balaban J connectivity index is 1.35. The highest BCUT2D eigenvalue weighted by Gasteiger charge is 2.40. The monoisotopic (exact) mass is 507 g/mol. The van der Waals surface area contributed by atoms with Crippen molar-refractivity contribution in [2.45, 2.75) is 83.3 Å². The number of halogens is 1. The van der Waals surface area contributed by atoms with Crippen molar-refractivity contribution >= 4 is 23.4 Å². The standard InChI is InChI=1S/C28H34FN5O3/c1-15(2)34-23(12-13-30-34)27(36)33-25(24(17-4-5-17)18-6-7-18)28(37)32-22-11-8-19(14-21(22)29)16(3)26(35)31-20-9-10-20/h8,11-17,20,25H,4-7,9-10H2,1-3H3,(H,31,35)(H,32,37)(H,33,36)/t16-,25-/m0/s1. The van der Waals surface area contributed by atoms with Crippen LogP contribution in [-0.4, -0.2) is 39.6 Å². The Morgan fingerprint density at radius 1 is 1.03 bits per heavy atom. The van der Waals surface area contributed by atoms with Crippen LogP contribution >= 0.6 is 0 Å². The van der Waals surface area contributed by atoms with Crippen molar-refractivity contribution in [3.05, 3.63) is 58.7 Å². The van der Waals surface area contributed by atoms with Crippen molar-refractivity contribution in [1.82, 2.24) is 20.4 Å². The van der Waals surface area contributed by atoms with Crippen LogP contribution in [-0.2, 0) is 9.59 Å². The van der Waals surface area contributed by atoms with Crippen LogP contribution in [0.4, 0.5) is 10.1 Å². The lowest BCUT2D eigenvalue weighted by Gasteiger charge is -2.23. The second-order valence-electron chi connectivity index (χ2n) is 10.7. The average Bonchev–Trinajstić information content (AvgIpc) is 3.73. The van der Waals surface area contributed by atoms with Crippen LogP contribution in [0.1, 0.15) is 87.3 Å². The largest absolute Gasteiger partial charge is 0.353 e. The lowest BCUT2D eigenvalue weighted by Crippen LogP contribution is -2.46. The first-order chi connectivity index (χ1) is 17.7. The van der Waals surface area contributed by atoms with E-state index in [1.807, 2.05) is 13.8 Å². The summed E-state index contributed by atoms with van der Waals surface area (Å²) in [5, 5.41) is 12.8. The first-order valence-corrected chi connectivity index (χ1v) is 13.2. The van der Waals surface area contributed by atoms with E-state index in [0.29, 0.717) is 11.3 Å². The molecule has 0 spiro atoms. The third-order valence-electron chi connectivity index (χ3n) is 7.23. The summed E-state index contributed by atoms with van der Waals surface area (Å²) in [6, 6.07) is 5.38. The summed E-state index contributed by atoms with van der Waals surface area (Å²) in [6.07, 6.45) is 7.31. The summed E-state index contributed by atoms with van der Waals surface area (Å²) < 4.78 is 16.7. The number of hydrogen-bond acceptors (Lipinski definition) is 4. The number of carbonyl (C=O) groups excluding carboxylic acids is 3. The summed E-state index contributed by atoms with van der Waals surface area (Å²) >= 11 is 0. The van der Waals surface area contributed by atoms with Gasteiger partial charge in [0.25, 0.3) is 11.8 Å². The van der Waals surface area contributed by atoms with Crippen molar-refractivity contribution in [2.75, 3.05) is 5.32 Å². The number of aromatic nitrogens is 2. The Morgan fingerprint density at radius 2 is 1.76 bits per heavy atom. The van der Waals surface area contributed by atoms with Crippen LogP contribution in [0.5, 0.6) is 0 Å². The maximum atomic E-state index is 15.1. The zero-order chi connectivity index (χ0) is 26.3. The fourth-order valence-electron chi connectivity index (χ4n) is 4.68. The molecule has 0 unspecified atom stereocenters. The molecule has 1 aromatic heterocycles. The van der Waals surface area contributed by atoms with Gasteiger partial charge in [0.15, 0.2) is 0 Å². The zero-order valence-electron chi connectivity index (χ0n) is 21.5. The lowest BCUT2D eigenvalue weighted by molar-refractivity contribution is -0.122. The molecule has 2 atom stereocenters. The van der Waals surface area contributed by atoms with Crippen LogP contribution in [0.2, 0.25) is 0 Å². The molecule has 0 radical (unpaired) electrons. The van der Waals surface area contributed by atoms with Gasteiger partial charge in [0.1, 0.15) is 17.6 Å². The van der Waals surface area contributed by atoms with Gasteiger partial charge in [0, 0.05) is 18.3 Å². The Labute approximate surface area is 216 Å². The number of amides is 3. The molecule has 1 heterocycles. The van der Waals surface area contributed by atoms with Crippen molar-refractivity contribution in [1.29, 1.82) is 0 Å². The highest BCUT2D eigenvalue weighted by molar-refractivity contribution is 6.02. The van der Waals surface area contributed by atoms with Crippen LogP contribution in [0, 0.1) is 11.7 Å². The Kier molecular flexibility index (Phi) is 6.88. The molecule has 0 saturated heterocycles. The number of nitrogens with one attached hydrogen (secondary N) is 3. The predicted octanol–water partition coefficient (Wildman–Crippen LogP) is 4.22. The first-order valence-electron chi connectivity index (χ1n) is 13.2. The van der Waals surface area contributed by atoms with Gasteiger partial charge in [-0.1, -0.05) is 11.6 Å². The van der Waals surface area contributed by atoms with Gasteiger partial charge in [-0.2, -0.15) is 5.10 Å². The highest BCUT2D eigenvalue weighted by atomic mass is 19.1. The molecule has 5 rings (SSSR count). The topological polar surface area (TPSA) is 105 Å². The molecule has 3 aliphatic rings. The summed E-state index contributed by atoms with van der Waals surface area (Å²) in [4.78, 5) is 39.2. The average molecular weight is 508 g/mol. The van der Waals surface area contributed by atoms with E-state index in [0.717, 1.165) is 44.1 Å². The minimum absolute atomic E-state index is 0.0194.